The van der Waals surface area contributed by atoms with E-state index in [1.54, 1.807) is 12.3 Å². The van der Waals surface area contributed by atoms with Gasteiger partial charge in [-0.05, 0) is 60.5 Å². The summed E-state index contributed by atoms with van der Waals surface area (Å²) in [6.07, 6.45) is 8.57. The summed E-state index contributed by atoms with van der Waals surface area (Å²) in [5.74, 6) is 0.547. The SMILES string of the molecule is CCC(CC)C(=O)/C=C(\O)C(CC)CC.[2H]C1([2H])C=Cc2cccc3cc4c(oc5c(-c6[c-]c(C)cc(C)c6)nccc54)c1c23.[Ir]. The third-order valence-corrected chi connectivity index (χ3v) is 8.52. The number of carbonyl (C=O) groups excluding carboxylic acids is 1. The predicted octanol–water partition coefficient (Wildman–Crippen LogP) is 10.7. The molecule has 1 aliphatic carbocycles. The van der Waals surface area contributed by atoms with Crippen molar-refractivity contribution in [2.45, 2.75) is 73.6 Å². The molecule has 0 saturated carbocycles. The maximum atomic E-state index is 11.7. The van der Waals surface area contributed by atoms with Gasteiger partial charge >= 0.3 is 0 Å². The average molecular weight is 767 g/mol. The van der Waals surface area contributed by atoms with Gasteiger partial charge in [-0.3, -0.25) is 4.79 Å². The van der Waals surface area contributed by atoms with Crippen LogP contribution in [0.2, 0.25) is 0 Å². The quantitative estimate of drug-likeness (QED) is 0.0971. The van der Waals surface area contributed by atoms with Crippen LogP contribution < -0.4 is 0 Å². The van der Waals surface area contributed by atoms with Crippen LogP contribution in [0.4, 0.5) is 0 Å². The Bertz CT molecular complexity index is 1930. The zero-order chi connectivity index (χ0) is 32.5. The minimum Gasteiger partial charge on any atom is -0.512 e. The number of fused-ring (bicyclic) bond motifs is 4. The van der Waals surface area contributed by atoms with E-state index in [0.717, 1.165) is 75.2 Å². The van der Waals surface area contributed by atoms with Gasteiger partial charge in [-0.2, -0.15) is 0 Å². The van der Waals surface area contributed by atoms with Crippen molar-refractivity contribution >= 4 is 44.6 Å². The molecule has 0 aliphatic heterocycles. The Kier molecular flexibility index (Phi) is 10.0. The van der Waals surface area contributed by atoms with Gasteiger partial charge in [0.1, 0.15) is 11.2 Å². The number of rotatable bonds is 8. The zero-order valence-corrected chi connectivity index (χ0v) is 28.8. The fraction of sp³-hybridized carbons (Fsp3) is 0.333. The van der Waals surface area contributed by atoms with Crippen molar-refractivity contribution in [3.05, 3.63) is 94.9 Å². The third kappa shape index (κ3) is 6.60. The Morgan fingerprint density at radius 2 is 1.75 bits per heavy atom. The van der Waals surface area contributed by atoms with Gasteiger partial charge in [-0.25, -0.2) is 0 Å². The second kappa shape index (κ2) is 14.5. The minimum atomic E-state index is -1.61. The van der Waals surface area contributed by atoms with Gasteiger partial charge in [0.25, 0.3) is 0 Å². The van der Waals surface area contributed by atoms with Gasteiger partial charge in [0.2, 0.25) is 0 Å². The molecule has 1 radical (unpaired) electrons. The van der Waals surface area contributed by atoms with Crippen molar-refractivity contribution in [2.75, 3.05) is 0 Å². The number of nitrogens with zero attached hydrogens (tertiary/aromatic N) is 1. The van der Waals surface area contributed by atoms with E-state index in [-0.39, 0.29) is 43.5 Å². The van der Waals surface area contributed by atoms with Crippen LogP contribution in [-0.2, 0) is 31.3 Å². The Labute approximate surface area is 277 Å². The Hall–Kier alpha value is -3.53. The first-order valence-corrected chi connectivity index (χ1v) is 15.4. The molecule has 6 rings (SSSR count). The molecule has 5 aromatic rings. The van der Waals surface area contributed by atoms with E-state index in [9.17, 15) is 9.90 Å². The van der Waals surface area contributed by atoms with Crippen molar-refractivity contribution in [3.63, 3.8) is 0 Å². The molecule has 5 heteroatoms. The number of carbonyl (C=O) groups is 1. The first-order chi connectivity index (χ1) is 21.5. The summed E-state index contributed by atoms with van der Waals surface area (Å²) in [4.78, 5) is 16.3. The number of hydrogen-bond acceptors (Lipinski definition) is 4. The number of furan rings is 1. The topological polar surface area (TPSA) is 63.3 Å². The molecule has 44 heavy (non-hydrogen) atoms. The van der Waals surface area contributed by atoms with Crippen molar-refractivity contribution in [1.82, 2.24) is 4.98 Å². The normalized spacial score (nSPS) is 14.4. The van der Waals surface area contributed by atoms with Crippen molar-refractivity contribution in [2.24, 2.45) is 11.8 Å². The summed E-state index contributed by atoms with van der Waals surface area (Å²) >= 11 is 0. The number of aryl methyl sites for hydroxylation is 2. The average Bonchev–Trinajstić information content (AvgIpc) is 3.37. The number of ketones is 1. The Morgan fingerprint density at radius 1 is 1.02 bits per heavy atom. The summed E-state index contributed by atoms with van der Waals surface area (Å²) in [5.41, 5.74) is 6.69. The summed E-state index contributed by atoms with van der Waals surface area (Å²) in [6.45, 7) is 12.2. The van der Waals surface area contributed by atoms with Crippen LogP contribution in [0.15, 0.2) is 71.0 Å². The third-order valence-electron chi connectivity index (χ3n) is 8.52. The van der Waals surface area contributed by atoms with Crippen LogP contribution in [-0.4, -0.2) is 15.9 Å². The molecular weight excluding hydrogens is 723 g/mol. The van der Waals surface area contributed by atoms with Gasteiger partial charge in [-0.1, -0.05) is 71.9 Å². The van der Waals surface area contributed by atoms with Crippen molar-refractivity contribution < 1.29 is 37.2 Å². The minimum absolute atomic E-state index is 0. The van der Waals surface area contributed by atoms with Gasteiger partial charge in [0, 0.05) is 69.0 Å². The summed E-state index contributed by atoms with van der Waals surface area (Å²) in [6, 6.07) is 17.7. The largest absolute Gasteiger partial charge is 0.512 e. The molecule has 1 N–H and O–H groups in total. The standard InChI is InChI=1S/C26H18NO.C13H24O2.Ir/c1-15-11-16(2)13-19(12-15)24-26-20(9-10-27-24)22-14-18-7-3-5-17-6-4-8-21(23(17)18)25(22)28-26;1-5-10(6-2)12(14)9-13(15)11(7-3)8-4;/h3-7,9-12,14H,8H2,1-2H3;9-11,14H,5-8H2,1-4H3;/q-1;;/b;12-9-;/i8D2;;. The Morgan fingerprint density at radius 3 is 2.43 bits per heavy atom. The zero-order valence-electron chi connectivity index (χ0n) is 28.4. The van der Waals surface area contributed by atoms with Crippen LogP contribution in [0, 0.1) is 31.7 Å². The molecule has 0 amide bonds. The molecule has 4 nitrogen and oxygen atoms in total. The number of aliphatic hydroxyl groups excluding tert-OH is 1. The smallest absolute Gasteiger partial charge is 0.162 e. The second-order valence-corrected chi connectivity index (χ2v) is 11.4. The molecule has 2 heterocycles. The molecule has 0 bridgehead atoms. The fourth-order valence-corrected chi connectivity index (χ4v) is 6.12. The van der Waals surface area contributed by atoms with E-state index < -0.39 is 6.37 Å². The van der Waals surface area contributed by atoms with Crippen LogP contribution in [0.1, 0.15) is 78.4 Å². The summed E-state index contributed by atoms with van der Waals surface area (Å²) in [5, 5.41) is 13.6. The molecule has 0 saturated heterocycles. The van der Waals surface area contributed by atoms with Crippen LogP contribution in [0.25, 0.3) is 50.0 Å². The van der Waals surface area contributed by atoms with E-state index in [1.165, 1.54) is 6.08 Å². The van der Waals surface area contributed by atoms with Gasteiger partial charge < -0.3 is 14.5 Å². The van der Waals surface area contributed by atoms with Crippen LogP contribution in [0.3, 0.4) is 0 Å². The van der Waals surface area contributed by atoms with E-state index in [4.69, 9.17) is 7.16 Å². The number of aromatic nitrogens is 1. The molecule has 2 aromatic heterocycles. The fourth-order valence-electron chi connectivity index (χ4n) is 6.12. The first-order valence-electron chi connectivity index (χ1n) is 16.4. The van der Waals surface area contributed by atoms with Crippen LogP contribution >= 0.6 is 0 Å². The monoisotopic (exact) mass is 767 g/mol. The molecule has 0 atom stereocenters. The molecular formula is C39H42IrNO3-. The number of aliphatic hydroxyl groups is 1. The number of benzene rings is 3. The van der Waals surface area contributed by atoms with E-state index >= 15 is 0 Å². The van der Waals surface area contributed by atoms with E-state index in [2.05, 4.69) is 36.2 Å². The maximum absolute atomic E-state index is 11.7. The molecule has 0 spiro atoms. The van der Waals surface area contributed by atoms with Gasteiger partial charge in [0.15, 0.2) is 5.78 Å². The molecule has 231 valence electrons. The predicted molar refractivity (Wildman–Crippen MR) is 179 cm³/mol. The molecule has 0 fully saturated rings. The molecule has 0 unspecified atom stereocenters. The summed E-state index contributed by atoms with van der Waals surface area (Å²) in [7, 11) is 0. The Balaban J connectivity index is 0.000000259. The van der Waals surface area contributed by atoms with Crippen molar-refractivity contribution in [1.29, 1.82) is 0 Å². The number of allylic oxidation sites excluding steroid dienone is 3. The molecule has 3 aromatic carbocycles. The second-order valence-electron chi connectivity index (χ2n) is 11.4. The van der Waals surface area contributed by atoms with Crippen molar-refractivity contribution in [3.8, 4) is 11.3 Å². The van der Waals surface area contributed by atoms with E-state index in [1.807, 2.05) is 65.0 Å². The number of hydrogen-bond donors (Lipinski definition) is 1. The van der Waals surface area contributed by atoms with Gasteiger partial charge in [-0.15, -0.1) is 34.9 Å². The van der Waals surface area contributed by atoms with E-state index in [0.29, 0.717) is 16.7 Å². The van der Waals surface area contributed by atoms with Crippen LogP contribution in [0.5, 0.6) is 0 Å². The maximum Gasteiger partial charge on any atom is 0.162 e. The molecule has 1 aliphatic rings. The first kappa shape index (κ1) is 30.5. The number of pyridine rings is 1. The summed E-state index contributed by atoms with van der Waals surface area (Å²) < 4.78 is 23.8. The van der Waals surface area contributed by atoms with Gasteiger partial charge in [0.05, 0.1) is 5.76 Å².